The van der Waals surface area contributed by atoms with E-state index in [1.165, 1.54) is 18.4 Å². The van der Waals surface area contributed by atoms with Crippen LogP contribution in [0.15, 0.2) is 65.3 Å². The number of carbonyl (C=O) groups is 3. The number of hydrogen-bond acceptors (Lipinski definition) is 5. The lowest BCUT2D eigenvalue weighted by Crippen LogP contribution is -2.28. The van der Waals surface area contributed by atoms with E-state index in [0.29, 0.717) is 12.2 Å². The van der Waals surface area contributed by atoms with Crippen LogP contribution >= 0.6 is 0 Å². The van der Waals surface area contributed by atoms with Gasteiger partial charge in [0.05, 0.1) is 11.8 Å². The number of rotatable bonds is 7. The molecule has 3 rings (SSSR count). The van der Waals surface area contributed by atoms with Gasteiger partial charge in [-0.2, -0.15) is 0 Å². The van der Waals surface area contributed by atoms with Crippen molar-refractivity contribution in [3.8, 4) is 0 Å². The van der Waals surface area contributed by atoms with E-state index < -0.39 is 24.4 Å². The van der Waals surface area contributed by atoms with Crippen molar-refractivity contribution in [3.63, 3.8) is 0 Å². The molecule has 2 aromatic carbocycles. The Morgan fingerprint density at radius 2 is 1.77 bits per heavy atom. The molecule has 0 saturated carbocycles. The monoisotopic (exact) mass is 406 g/mol. The number of hydrogen-bond donors (Lipinski definition) is 2. The Balaban J connectivity index is 1.54. The number of ether oxygens (including phenoxy) is 1. The fourth-order valence-corrected chi connectivity index (χ4v) is 2.65. The summed E-state index contributed by atoms with van der Waals surface area (Å²) in [5.74, 6) is -1.33. The maximum Gasteiger partial charge on any atom is 0.338 e. The van der Waals surface area contributed by atoms with Crippen molar-refractivity contribution >= 4 is 23.5 Å². The van der Waals surface area contributed by atoms with Gasteiger partial charge in [0.25, 0.3) is 11.8 Å². The van der Waals surface area contributed by atoms with Crippen LogP contribution in [-0.2, 0) is 16.1 Å². The van der Waals surface area contributed by atoms with Gasteiger partial charge >= 0.3 is 5.97 Å². The van der Waals surface area contributed by atoms with Gasteiger partial charge in [0, 0.05) is 12.2 Å². The zero-order valence-corrected chi connectivity index (χ0v) is 16.7. The molecule has 0 aliphatic rings. The molecule has 0 saturated heterocycles. The summed E-state index contributed by atoms with van der Waals surface area (Å²) in [6, 6.07) is 15.7. The maximum absolute atomic E-state index is 12.3. The van der Waals surface area contributed by atoms with Crippen LogP contribution in [0.1, 0.15) is 37.6 Å². The minimum absolute atomic E-state index is 0.160. The summed E-state index contributed by atoms with van der Waals surface area (Å²) < 4.78 is 10.1. The normalized spacial score (nSPS) is 10.3. The molecule has 7 nitrogen and oxygen atoms in total. The third-order valence-corrected chi connectivity index (χ3v) is 4.41. The molecule has 0 spiro atoms. The highest BCUT2D eigenvalue weighted by Gasteiger charge is 2.15. The molecule has 0 atom stereocenters. The lowest BCUT2D eigenvalue weighted by atomic mass is 10.1. The topological polar surface area (TPSA) is 97.6 Å². The van der Waals surface area contributed by atoms with Crippen LogP contribution in [0.3, 0.4) is 0 Å². The highest BCUT2D eigenvalue weighted by molar-refractivity contribution is 6.03. The lowest BCUT2D eigenvalue weighted by molar-refractivity contribution is -0.124. The molecule has 0 bridgehead atoms. The summed E-state index contributed by atoms with van der Waals surface area (Å²) in [5, 5.41) is 5.40. The summed E-state index contributed by atoms with van der Waals surface area (Å²) in [5.41, 5.74) is 3.53. The number of benzene rings is 2. The molecule has 154 valence electrons. The minimum Gasteiger partial charge on any atom is -0.459 e. The number of esters is 1. The molecule has 2 N–H and O–H groups in total. The SMILES string of the molecule is Cc1ccc(CNC(=O)COC(=O)c2ccc(C)c(NC(=O)c3ccco3)c2)cc1. The van der Waals surface area contributed by atoms with Crippen LogP contribution < -0.4 is 10.6 Å². The van der Waals surface area contributed by atoms with Crippen LogP contribution in [0.25, 0.3) is 0 Å². The zero-order chi connectivity index (χ0) is 21.5. The number of furan rings is 1. The smallest absolute Gasteiger partial charge is 0.338 e. The molecule has 7 heteroatoms. The molecule has 1 aromatic heterocycles. The Morgan fingerprint density at radius 3 is 2.47 bits per heavy atom. The summed E-state index contributed by atoms with van der Waals surface area (Å²) >= 11 is 0. The van der Waals surface area contributed by atoms with E-state index in [1.807, 2.05) is 31.2 Å². The summed E-state index contributed by atoms with van der Waals surface area (Å²) in [4.78, 5) is 36.4. The largest absolute Gasteiger partial charge is 0.459 e. The van der Waals surface area contributed by atoms with Gasteiger partial charge in [-0.3, -0.25) is 9.59 Å². The van der Waals surface area contributed by atoms with Gasteiger partial charge in [0.1, 0.15) is 0 Å². The molecule has 1 heterocycles. The average Bonchev–Trinajstić information content (AvgIpc) is 3.28. The van der Waals surface area contributed by atoms with E-state index in [1.54, 1.807) is 25.1 Å². The minimum atomic E-state index is -0.658. The molecule has 0 fully saturated rings. The molecule has 0 radical (unpaired) electrons. The van der Waals surface area contributed by atoms with E-state index in [4.69, 9.17) is 9.15 Å². The molecule has 0 aliphatic heterocycles. The van der Waals surface area contributed by atoms with E-state index in [2.05, 4.69) is 10.6 Å². The first kappa shape index (κ1) is 20.9. The fourth-order valence-electron chi connectivity index (χ4n) is 2.65. The molecule has 0 unspecified atom stereocenters. The Kier molecular flexibility index (Phi) is 6.64. The number of aryl methyl sites for hydroxylation is 2. The van der Waals surface area contributed by atoms with Crippen LogP contribution in [-0.4, -0.2) is 24.4 Å². The second-order valence-electron chi connectivity index (χ2n) is 6.80. The van der Waals surface area contributed by atoms with E-state index >= 15 is 0 Å². The van der Waals surface area contributed by atoms with Gasteiger partial charge < -0.3 is 19.8 Å². The molecular weight excluding hydrogens is 384 g/mol. The van der Waals surface area contributed by atoms with Crippen molar-refractivity contribution < 1.29 is 23.5 Å². The third-order valence-electron chi connectivity index (χ3n) is 4.41. The van der Waals surface area contributed by atoms with E-state index in [0.717, 1.165) is 16.7 Å². The number of nitrogens with one attached hydrogen (secondary N) is 2. The Bertz CT molecular complexity index is 1040. The van der Waals surface area contributed by atoms with Gasteiger partial charge in [-0.05, 0) is 49.2 Å². The second-order valence-corrected chi connectivity index (χ2v) is 6.80. The molecular formula is C23H22N2O5. The summed E-state index contributed by atoms with van der Waals surface area (Å²) in [7, 11) is 0. The van der Waals surface area contributed by atoms with Crippen LogP contribution in [0, 0.1) is 13.8 Å². The first-order valence-electron chi connectivity index (χ1n) is 9.37. The zero-order valence-electron chi connectivity index (χ0n) is 16.7. The molecule has 2 amide bonds. The average molecular weight is 406 g/mol. The predicted octanol–water partition coefficient (Wildman–Crippen LogP) is 3.62. The fraction of sp³-hybridized carbons (Fsp3) is 0.174. The molecule has 30 heavy (non-hydrogen) atoms. The van der Waals surface area contributed by atoms with E-state index in [-0.39, 0.29) is 11.3 Å². The van der Waals surface area contributed by atoms with Crippen LogP contribution in [0.5, 0.6) is 0 Å². The van der Waals surface area contributed by atoms with Gasteiger partial charge in [-0.1, -0.05) is 35.9 Å². The summed E-state index contributed by atoms with van der Waals surface area (Å²) in [6.45, 7) is 3.74. The van der Waals surface area contributed by atoms with Crippen LogP contribution in [0.4, 0.5) is 5.69 Å². The maximum atomic E-state index is 12.3. The van der Waals surface area contributed by atoms with E-state index in [9.17, 15) is 14.4 Å². The lowest BCUT2D eigenvalue weighted by Gasteiger charge is -2.10. The predicted molar refractivity (Wildman–Crippen MR) is 111 cm³/mol. The van der Waals surface area contributed by atoms with Crippen molar-refractivity contribution in [1.82, 2.24) is 5.32 Å². The van der Waals surface area contributed by atoms with Crippen LogP contribution in [0.2, 0.25) is 0 Å². The highest BCUT2D eigenvalue weighted by atomic mass is 16.5. The van der Waals surface area contributed by atoms with Gasteiger partial charge in [-0.15, -0.1) is 0 Å². The van der Waals surface area contributed by atoms with Crippen molar-refractivity contribution in [2.75, 3.05) is 11.9 Å². The van der Waals surface area contributed by atoms with Gasteiger partial charge in [0.15, 0.2) is 12.4 Å². The van der Waals surface area contributed by atoms with Crippen molar-refractivity contribution in [2.24, 2.45) is 0 Å². The number of carbonyl (C=O) groups excluding carboxylic acids is 3. The summed E-state index contributed by atoms with van der Waals surface area (Å²) in [6.07, 6.45) is 1.40. The first-order chi connectivity index (χ1) is 14.4. The van der Waals surface area contributed by atoms with Crippen molar-refractivity contribution in [2.45, 2.75) is 20.4 Å². The second kappa shape index (κ2) is 9.56. The van der Waals surface area contributed by atoms with Gasteiger partial charge in [-0.25, -0.2) is 4.79 Å². The number of amides is 2. The Labute approximate surface area is 174 Å². The van der Waals surface area contributed by atoms with Gasteiger partial charge in [0.2, 0.25) is 0 Å². The van der Waals surface area contributed by atoms with Crippen molar-refractivity contribution in [3.05, 3.63) is 88.9 Å². The number of anilines is 1. The Morgan fingerprint density at radius 1 is 1.00 bits per heavy atom. The Hall–Kier alpha value is -3.87. The van der Waals surface area contributed by atoms with Crippen molar-refractivity contribution in [1.29, 1.82) is 0 Å². The quantitative estimate of drug-likeness (QED) is 0.584. The molecule has 0 aliphatic carbocycles. The standard InChI is InChI=1S/C23H22N2O5/c1-15-5-8-17(9-6-15)13-24-21(26)14-30-23(28)18-10-7-16(2)19(12-18)25-22(27)20-4-3-11-29-20/h3-12H,13-14H2,1-2H3,(H,24,26)(H,25,27). The first-order valence-corrected chi connectivity index (χ1v) is 9.37. The third kappa shape index (κ3) is 5.57. The molecule has 3 aromatic rings. The highest BCUT2D eigenvalue weighted by Crippen LogP contribution is 2.19.